The molecule has 0 saturated heterocycles. The molecule has 2 N–H and O–H groups in total. The van der Waals surface area contributed by atoms with Gasteiger partial charge in [0.05, 0.1) is 0 Å². The molecule has 1 saturated carbocycles. The maximum atomic E-state index is 11.4. The maximum Gasteiger partial charge on any atom is 0.222 e. The van der Waals surface area contributed by atoms with Crippen LogP contribution in [0.2, 0.25) is 0 Å². The molecule has 3 unspecified atom stereocenters. The van der Waals surface area contributed by atoms with Gasteiger partial charge in [-0.2, -0.15) is 0 Å². The second-order valence-corrected chi connectivity index (χ2v) is 5.90. The summed E-state index contributed by atoms with van der Waals surface area (Å²) in [6.07, 6.45) is 3.97. The predicted molar refractivity (Wildman–Crippen MR) is 71.8 cm³/mol. The van der Waals surface area contributed by atoms with Crippen molar-refractivity contribution >= 4 is 5.91 Å². The van der Waals surface area contributed by atoms with E-state index in [1.165, 1.54) is 19.3 Å². The van der Waals surface area contributed by atoms with E-state index in [1.807, 2.05) is 13.8 Å². The molecule has 0 aromatic rings. The second kappa shape index (κ2) is 7.00. The van der Waals surface area contributed by atoms with Crippen LogP contribution in [-0.2, 0) is 4.79 Å². The molecule has 3 nitrogen and oxygen atoms in total. The Labute approximate surface area is 106 Å². The molecule has 1 fully saturated rings. The van der Waals surface area contributed by atoms with E-state index in [-0.39, 0.29) is 11.8 Å². The average molecular weight is 240 g/mol. The molecule has 0 aromatic heterocycles. The Kier molecular flexibility index (Phi) is 5.96. The summed E-state index contributed by atoms with van der Waals surface area (Å²) in [6.45, 7) is 10.1. The molecule has 0 heterocycles. The quantitative estimate of drug-likeness (QED) is 0.723. The molecule has 0 spiro atoms. The summed E-state index contributed by atoms with van der Waals surface area (Å²) >= 11 is 0. The molecule has 1 aliphatic rings. The van der Waals surface area contributed by atoms with Crippen LogP contribution in [0.1, 0.15) is 47.0 Å². The van der Waals surface area contributed by atoms with Crippen molar-refractivity contribution in [3.05, 3.63) is 0 Å². The molecule has 1 rings (SSSR count). The van der Waals surface area contributed by atoms with Crippen molar-refractivity contribution in [1.29, 1.82) is 0 Å². The van der Waals surface area contributed by atoms with E-state index in [4.69, 9.17) is 0 Å². The van der Waals surface area contributed by atoms with Gasteiger partial charge in [0.15, 0.2) is 0 Å². The van der Waals surface area contributed by atoms with Crippen LogP contribution in [0.5, 0.6) is 0 Å². The lowest BCUT2D eigenvalue weighted by Gasteiger charge is -2.33. The molecule has 1 aliphatic carbocycles. The number of hydrogen-bond acceptors (Lipinski definition) is 2. The van der Waals surface area contributed by atoms with Gasteiger partial charge in [-0.15, -0.1) is 0 Å². The molecule has 17 heavy (non-hydrogen) atoms. The monoisotopic (exact) mass is 240 g/mol. The number of amides is 1. The molecule has 0 bridgehead atoms. The van der Waals surface area contributed by atoms with Crippen LogP contribution in [0.3, 0.4) is 0 Å². The van der Waals surface area contributed by atoms with Gasteiger partial charge in [-0.25, -0.2) is 0 Å². The summed E-state index contributed by atoms with van der Waals surface area (Å²) < 4.78 is 0. The molecule has 3 atom stereocenters. The van der Waals surface area contributed by atoms with E-state index in [0.717, 1.165) is 24.9 Å². The van der Waals surface area contributed by atoms with Crippen LogP contribution in [0.4, 0.5) is 0 Å². The van der Waals surface area contributed by atoms with Crippen molar-refractivity contribution in [3.63, 3.8) is 0 Å². The minimum atomic E-state index is 0.0867. The van der Waals surface area contributed by atoms with Crippen LogP contribution < -0.4 is 10.6 Å². The fraction of sp³-hybridized carbons (Fsp3) is 0.929. The van der Waals surface area contributed by atoms with E-state index >= 15 is 0 Å². The third-order valence-electron chi connectivity index (χ3n) is 3.81. The van der Waals surface area contributed by atoms with Gasteiger partial charge in [-0.05, 0) is 24.7 Å². The van der Waals surface area contributed by atoms with Crippen LogP contribution in [0, 0.1) is 17.8 Å². The van der Waals surface area contributed by atoms with Gasteiger partial charge < -0.3 is 10.6 Å². The van der Waals surface area contributed by atoms with Crippen molar-refractivity contribution < 1.29 is 4.79 Å². The molecular weight excluding hydrogens is 212 g/mol. The summed E-state index contributed by atoms with van der Waals surface area (Å²) in [5.41, 5.74) is 0. The van der Waals surface area contributed by atoms with E-state index < -0.39 is 0 Å². The van der Waals surface area contributed by atoms with E-state index in [2.05, 4.69) is 24.5 Å². The van der Waals surface area contributed by atoms with Crippen LogP contribution in [0.25, 0.3) is 0 Å². The van der Waals surface area contributed by atoms with E-state index in [9.17, 15) is 4.79 Å². The van der Waals surface area contributed by atoms with Crippen LogP contribution >= 0.6 is 0 Å². The van der Waals surface area contributed by atoms with Gasteiger partial charge >= 0.3 is 0 Å². The highest BCUT2D eigenvalue weighted by Gasteiger charge is 2.24. The first kappa shape index (κ1) is 14.5. The van der Waals surface area contributed by atoms with Gasteiger partial charge in [-0.3, -0.25) is 4.79 Å². The third kappa shape index (κ3) is 5.07. The Balaban J connectivity index is 2.15. The average Bonchev–Trinajstić information content (AvgIpc) is 2.28. The predicted octanol–water partition coefficient (Wildman–Crippen LogP) is 2.17. The highest BCUT2D eigenvalue weighted by molar-refractivity contribution is 5.77. The zero-order valence-corrected chi connectivity index (χ0v) is 11.8. The van der Waals surface area contributed by atoms with E-state index in [1.54, 1.807) is 0 Å². The molecule has 0 aliphatic heterocycles. The Morgan fingerprint density at radius 3 is 2.59 bits per heavy atom. The maximum absolute atomic E-state index is 11.4. The van der Waals surface area contributed by atoms with Crippen molar-refractivity contribution in [2.45, 2.75) is 53.0 Å². The first-order valence-corrected chi connectivity index (χ1v) is 7.01. The summed E-state index contributed by atoms with van der Waals surface area (Å²) in [5, 5.41) is 6.53. The zero-order chi connectivity index (χ0) is 12.8. The number of rotatable bonds is 5. The molecule has 0 aromatic carbocycles. The number of hydrogen-bond donors (Lipinski definition) is 2. The molecule has 0 radical (unpaired) electrons. The first-order valence-electron chi connectivity index (χ1n) is 7.01. The fourth-order valence-corrected chi connectivity index (χ4v) is 2.46. The minimum Gasteiger partial charge on any atom is -0.355 e. The highest BCUT2D eigenvalue weighted by Crippen LogP contribution is 2.28. The lowest BCUT2D eigenvalue weighted by Crippen LogP contribution is -2.43. The first-order chi connectivity index (χ1) is 8.00. The van der Waals surface area contributed by atoms with Crippen LogP contribution in [-0.4, -0.2) is 25.0 Å². The molecular formula is C14H28N2O. The number of carbonyl (C=O) groups excluding carboxylic acids is 1. The minimum absolute atomic E-state index is 0.0867. The normalized spacial score (nSPS) is 29.4. The lowest BCUT2D eigenvalue weighted by molar-refractivity contribution is -0.123. The van der Waals surface area contributed by atoms with Crippen molar-refractivity contribution in [3.8, 4) is 0 Å². The Bertz CT molecular complexity index is 240. The highest BCUT2D eigenvalue weighted by atomic mass is 16.1. The summed E-state index contributed by atoms with van der Waals surface area (Å²) in [5.74, 6) is 1.85. The Hall–Kier alpha value is -0.570. The molecule has 1 amide bonds. The van der Waals surface area contributed by atoms with Gasteiger partial charge in [0.1, 0.15) is 0 Å². The van der Waals surface area contributed by atoms with Gasteiger partial charge in [0.25, 0.3) is 0 Å². The Morgan fingerprint density at radius 2 is 1.94 bits per heavy atom. The van der Waals surface area contributed by atoms with Crippen molar-refractivity contribution in [2.75, 3.05) is 13.1 Å². The summed E-state index contributed by atoms with van der Waals surface area (Å²) in [6, 6.07) is 0.634. The topological polar surface area (TPSA) is 41.1 Å². The Morgan fingerprint density at radius 1 is 1.24 bits per heavy atom. The second-order valence-electron chi connectivity index (χ2n) is 5.90. The zero-order valence-electron chi connectivity index (χ0n) is 11.8. The van der Waals surface area contributed by atoms with Crippen molar-refractivity contribution in [2.24, 2.45) is 17.8 Å². The number of nitrogens with one attached hydrogen (secondary N) is 2. The summed E-state index contributed by atoms with van der Waals surface area (Å²) in [7, 11) is 0. The SMILES string of the molecule is CC1CCC(C)C(NCCNC(=O)C(C)C)C1. The van der Waals surface area contributed by atoms with E-state index in [0.29, 0.717) is 6.04 Å². The van der Waals surface area contributed by atoms with Crippen LogP contribution in [0.15, 0.2) is 0 Å². The summed E-state index contributed by atoms with van der Waals surface area (Å²) in [4.78, 5) is 11.4. The van der Waals surface area contributed by atoms with Crippen molar-refractivity contribution in [1.82, 2.24) is 10.6 Å². The standard InChI is InChI=1S/C14H28N2O/c1-10(2)14(17)16-8-7-15-13-9-11(3)5-6-12(13)4/h10-13,15H,5-9H2,1-4H3,(H,16,17). The molecule has 3 heteroatoms. The fourth-order valence-electron chi connectivity index (χ4n) is 2.46. The van der Waals surface area contributed by atoms with Gasteiger partial charge in [0, 0.05) is 25.0 Å². The lowest BCUT2D eigenvalue weighted by atomic mass is 9.80. The third-order valence-corrected chi connectivity index (χ3v) is 3.81. The van der Waals surface area contributed by atoms with Gasteiger partial charge in [0.2, 0.25) is 5.91 Å². The largest absolute Gasteiger partial charge is 0.355 e. The molecule has 100 valence electrons. The van der Waals surface area contributed by atoms with Gasteiger partial charge in [-0.1, -0.05) is 34.1 Å². The number of carbonyl (C=O) groups is 1. The smallest absolute Gasteiger partial charge is 0.222 e.